The van der Waals surface area contributed by atoms with E-state index in [4.69, 9.17) is 9.05 Å². The Bertz CT molecular complexity index is 684. The van der Waals surface area contributed by atoms with Gasteiger partial charge in [-0.15, -0.1) is 0 Å². The Morgan fingerprint density at radius 3 is 1.20 bits per heavy atom. The van der Waals surface area contributed by atoms with Crippen LogP contribution in [0.25, 0.3) is 0 Å². The van der Waals surface area contributed by atoms with Crippen LogP contribution in [0.5, 0.6) is 0 Å². The van der Waals surface area contributed by atoms with E-state index in [0.717, 1.165) is 43.9 Å². The third kappa shape index (κ3) is 34.4. The number of allylic oxidation sites excluding steroid dienone is 8. The molecule has 1 N–H and O–H groups in total. The molecule has 6 heteroatoms. The molecule has 0 saturated carbocycles. The van der Waals surface area contributed by atoms with Gasteiger partial charge < -0.3 is 0 Å². The maximum absolute atomic E-state index is 13.1. The quantitative estimate of drug-likeness (QED) is 0.0309. The van der Waals surface area contributed by atoms with Crippen molar-refractivity contribution in [2.75, 3.05) is 25.1 Å². The van der Waals surface area contributed by atoms with Crippen LogP contribution in [0, 0.1) is 0 Å². The fraction of sp³-hybridized carbons (Fsp3) is 0.789. The van der Waals surface area contributed by atoms with Crippen LogP contribution >= 0.6 is 23.7 Å². The molecule has 0 saturated heterocycles. The maximum atomic E-state index is 13.1. The Morgan fingerprint density at radius 1 is 0.500 bits per heavy atom. The molecule has 0 amide bonds. The van der Waals surface area contributed by atoms with Crippen molar-refractivity contribution in [1.82, 2.24) is 5.09 Å². The Morgan fingerprint density at radius 2 is 0.841 bits per heavy atom. The molecule has 0 aliphatic carbocycles. The number of alkyl halides is 1. The number of hydrogen-bond acceptors (Lipinski definition) is 3. The Kier molecular flexibility index (Phi) is 36.6. The molecular weight excluding hydrogens is 629 g/mol. The first kappa shape index (κ1) is 43.5. The van der Waals surface area contributed by atoms with Gasteiger partial charge in [0.15, 0.2) is 0 Å². The van der Waals surface area contributed by atoms with Crippen molar-refractivity contribution < 1.29 is 13.6 Å². The summed E-state index contributed by atoms with van der Waals surface area (Å²) in [7, 11) is -3.22. The van der Waals surface area contributed by atoms with E-state index in [9.17, 15) is 4.57 Å². The number of halogens is 1. The number of unbranched alkanes of at least 4 members (excludes halogenated alkanes) is 18. The number of hydrogen-bond donors (Lipinski definition) is 1. The molecule has 0 aromatic heterocycles. The van der Waals surface area contributed by atoms with Gasteiger partial charge in [0.2, 0.25) is 0 Å². The standard InChI is InChI=1S/C38H71BrNO3P/c1-3-5-7-9-11-13-15-17-19-21-23-25-27-29-31-33-37-42-44(41,40-36-35-39)43-38-34-32-30-28-26-24-22-20-18-16-14-12-10-8-6-4-2/h11-14,17-20H,3-10,15-16,21-38H2,1-2H3,(H,40,41)/b13-11-,14-12-,19-17-,20-18-. The zero-order valence-electron chi connectivity index (χ0n) is 29.0. The van der Waals surface area contributed by atoms with Gasteiger partial charge in [0.25, 0.3) is 0 Å². The molecule has 0 heterocycles. The molecule has 4 nitrogen and oxygen atoms in total. The van der Waals surface area contributed by atoms with E-state index >= 15 is 0 Å². The Balaban J connectivity index is 3.72. The van der Waals surface area contributed by atoms with E-state index in [1.54, 1.807) is 0 Å². The summed E-state index contributed by atoms with van der Waals surface area (Å²) in [6.45, 7) is 6.06. The first-order valence-corrected chi connectivity index (χ1v) is 21.1. The van der Waals surface area contributed by atoms with Gasteiger partial charge in [-0.3, -0.25) is 9.05 Å². The molecule has 0 aliphatic rings. The minimum Gasteiger partial charge on any atom is -0.297 e. The molecule has 0 unspecified atom stereocenters. The molecule has 0 aromatic rings. The summed E-state index contributed by atoms with van der Waals surface area (Å²) in [6, 6.07) is 0. The molecule has 44 heavy (non-hydrogen) atoms. The van der Waals surface area contributed by atoms with Crippen LogP contribution in [0.15, 0.2) is 48.6 Å². The monoisotopic (exact) mass is 699 g/mol. The number of rotatable bonds is 35. The fourth-order valence-electron chi connectivity index (χ4n) is 4.86. The van der Waals surface area contributed by atoms with Gasteiger partial charge in [0.05, 0.1) is 13.2 Å². The van der Waals surface area contributed by atoms with E-state index in [1.807, 2.05) is 0 Å². The molecule has 0 fully saturated rings. The fourth-order valence-corrected chi connectivity index (χ4v) is 6.74. The van der Waals surface area contributed by atoms with Crippen molar-refractivity contribution in [1.29, 1.82) is 0 Å². The molecule has 0 radical (unpaired) electrons. The summed E-state index contributed by atoms with van der Waals surface area (Å²) in [5.41, 5.74) is 0. The second-order valence-corrected chi connectivity index (χ2v) is 14.6. The summed E-state index contributed by atoms with van der Waals surface area (Å²) >= 11 is 3.40. The van der Waals surface area contributed by atoms with Gasteiger partial charge in [-0.1, -0.05) is 155 Å². The zero-order valence-corrected chi connectivity index (χ0v) is 31.4. The third-order valence-corrected chi connectivity index (χ3v) is 9.66. The molecule has 0 rings (SSSR count). The second kappa shape index (κ2) is 37.0. The minimum atomic E-state index is -3.22. The van der Waals surface area contributed by atoms with Gasteiger partial charge in [-0.05, 0) is 77.0 Å². The Hall–Kier alpha value is -0.450. The molecule has 0 aliphatic heterocycles. The lowest BCUT2D eigenvalue weighted by atomic mass is 10.1. The zero-order chi connectivity index (χ0) is 32.1. The topological polar surface area (TPSA) is 47.6 Å². The first-order valence-electron chi connectivity index (χ1n) is 18.5. The molecule has 0 spiro atoms. The predicted octanol–water partition coefficient (Wildman–Crippen LogP) is 13.7. The average Bonchev–Trinajstić information content (AvgIpc) is 3.03. The normalized spacial score (nSPS) is 12.7. The van der Waals surface area contributed by atoms with Crippen LogP contribution in [0.4, 0.5) is 0 Å². The minimum absolute atomic E-state index is 0.491. The van der Waals surface area contributed by atoms with Crippen LogP contribution in [0.1, 0.15) is 168 Å². The lowest BCUT2D eigenvalue weighted by molar-refractivity contribution is 0.190. The predicted molar refractivity (Wildman–Crippen MR) is 200 cm³/mol. The highest BCUT2D eigenvalue weighted by atomic mass is 79.9. The van der Waals surface area contributed by atoms with Gasteiger partial charge in [0.1, 0.15) is 0 Å². The molecule has 0 aromatic carbocycles. The van der Waals surface area contributed by atoms with E-state index in [2.05, 4.69) is 83.5 Å². The van der Waals surface area contributed by atoms with Crippen LogP contribution < -0.4 is 5.09 Å². The molecule has 258 valence electrons. The average molecular weight is 701 g/mol. The van der Waals surface area contributed by atoms with E-state index in [0.29, 0.717) is 19.8 Å². The van der Waals surface area contributed by atoms with Gasteiger partial charge in [-0.2, -0.15) is 0 Å². The smallest absolute Gasteiger partial charge is 0.297 e. The van der Waals surface area contributed by atoms with Crippen LogP contribution in [-0.2, 0) is 13.6 Å². The SMILES string of the molecule is CCCCC/C=C\C/C=C\CCCCCCCCOP(=O)(NCCBr)OCCCCCCCC/C=C\C/C=C\CCCCC. The molecule has 0 atom stereocenters. The second-order valence-electron chi connectivity index (χ2n) is 11.9. The highest BCUT2D eigenvalue weighted by Crippen LogP contribution is 2.44. The lowest BCUT2D eigenvalue weighted by Gasteiger charge is -2.19. The van der Waals surface area contributed by atoms with Crippen molar-refractivity contribution in [3.8, 4) is 0 Å². The highest BCUT2D eigenvalue weighted by Gasteiger charge is 2.23. The summed E-state index contributed by atoms with van der Waals surface area (Å²) < 4.78 is 24.6. The summed E-state index contributed by atoms with van der Waals surface area (Å²) in [5.74, 6) is 0. The van der Waals surface area contributed by atoms with Crippen molar-refractivity contribution >= 4 is 23.7 Å². The number of nitrogens with one attached hydrogen (secondary N) is 1. The summed E-state index contributed by atoms with van der Waals surface area (Å²) in [4.78, 5) is 0. The summed E-state index contributed by atoms with van der Waals surface area (Å²) in [6.07, 6.45) is 47.5. The van der Waals surface area contributed by atoms with Crippen LogP contribution in [0.3, 0.4) is 0 Å². The van der Waals surface area contributed by atoms with Gasteiger partial charge in [-0.25, -0.2) is 9.65 Å². The van der Waals surface area contributed by atoms with E-state index < -0.39 is 7.75 Å². The molecular formula is C38H71BrNO3P. The van der Waals surface area contributed by atoms with E-state index in [1.165, 1.54) is 116 Å². The van der Waals surface area contributed by atoms with Crippen molar-refractivity contribution in [2.45, 2.75) is 168 Å². The van der Waals surface area contributed by atoms with Crippen molar-refractivity contribution in [3.05, 3.63) is 48.6 Å². The molecule has 0 bridgehead atoms. The Labute approximate surface area is 283 Å². The van der Waals surface area contributed by atoms with E-state index in [-0.39, 0.29) is 0 Å². The van der Waals surface area contributed by atoms with Crippen molar-refractivity contribution in [2.24, 2.45) is 0 Å². The first-order chi connectivity index (χ1) is 21.7. The van der Waals surface area contributed by atoms with Gasteiger partial charge >= 0.3 is 7.75 Å². The lowest BCUT2D eigenvalue weighted by Crippen LogP contribution is -2.18. The van der Waals surface area contributed by atoms with Crippen LogP contribution in [-0.4, -0.2) is 25.1 Å². The third-order valence-electron chi connectivity index (χ3n) is 7.61. The summed E-state index contributed by atoms with van der Waals surface area (Å²) in [5, 5.41) is 3.72. The largest absolute Gasteiger partial charge is 0.405 e. The highest BCUT2D eigenvalue weighted by molar-refractivity contribution is 9.09. The maximum Gasteiger partial charge on any atom is 0.405 e. The van der Waals surface area contributed by atoms with Crippen molar-refractivity contribution in [3.63, 3.8) is 0 Å². The van der Waals surface area contributed by atoms with Crippen LogP contribution in [0.2, 0.25) is 0 Å². The van der Waals surface area contributed by atoms with Gasteiger partial charge in [0, 0.05) is 11.9 Å².